The van der Waals surface area contributed by atoms with Gasteiger partial charge in [0.05, 0.1) is 17.7 Å². The highest BCUT2D eigenvalue weighted by Crippen LogP contribution is 2.32. The summed E-state index contributed by atoms with van der Waals surface area (Å²) in [4.78, 5) is 21.5. The second kappa shape index (κ2) is 10.5. The van der Waals surface area contributed by atoms with Crippen LogP contribution in [-0.2, 0) is 30.2 Å². The number of amides is 1. The molecule has 0 fully saturated rings. The minimum absolute atomic E-state index is 0.0239. The molecule has 0 radical (unpaired) electrons. The van der Waals surface area contributed by atoms with E-state index in [1.165, 1.54) is 0 Å². The van der Waals surface area contributed by atoms with Crippen LogP contribution < -0.4 is 21.3 Å². The summed E-state index contributed by atoms with van der Waals surface area (Å²) in [5.74, 6) is -0.422. The molecule has 4 N–H and O–H groups in total. The van der Waals surface area contributed by atoms with E-state index in [1.54, 1.807) is 24.3 Å². The van der Waals surface area contributed by atoms with Crippen molar-refractivity contribution in [2.75, 3.05) is 23.3 Å². The Hall–Kier alpha value is -4.08. The van der Waals surface area contributed by atoms with Crippen LogP contribution >= 0.6 is 0 Å². The Morgan fingerprint density at radius 1 is 1.09 bits per heavy atom. The fourth-order valence-electron chi connectivity index (χ4n) is 3.89. The molecule has 1 amide bonds. The van der Waals surface area contributed by atoms with Crippen LogP contribution in [0.25, 0.3) is 0 Å². The average molecular weight is 483 g/mol. The molecule has 10 heteroatoms. The molecule has 0 bridgehead atoms. The molecule has 1 aromatic heterocycles. The third-order valence-corrected chi connectivity index (χ3v) is 5.61. The van der Waals surface area contributed by atoms with Gasteiger partial charge in [0.25, 0.3) is 0 Å². The number of nitrogens with one attached hydrogen (secondary N) is 2. The molecule has 3 aromatic rings. The molecule has 0 saturated heterocycles. The van der Waals surface area contributed by atoms with E-state index in [-0.39, 0.29) is 30.9 Å². The van der Waals surface area contributed by atoms with Crippen molar-refractivity contribution >= 4 is 23.2 Å². The number of hydrogen-bond acceptors (Lipinski definition) is 6. The number of aryl methyl sites for hydroxylation is 2. The van der Waals surface area contributed by atoms with Crippen molar-refractivity contribution in [1.29, 1.82) is 0 Å². The Bertz CT molecular complexity index is 1210. The molecule has 0 spiro atoms. The van der Waals surface area contributed by atoms with Gasteiger partial charge in [-0.1, -0.05) is 24.3 Å². The highest BCUT2D eigenvalue weighted by atomic mass is 19.4. The Balaban J connectivity index is 1.53. The fraction of sp³-hybridized carbons (Fsp3) is 0.240. The van der Waals surface area contributed by atoms with Crippen molar-refractivity contribution in [3.63, 3.8) is 0 Å². The molecule has 1 aliphatic rings. The molecule has 35 heavy (non-hydrogen) atoms. The largest absolute Gasteiger partial charge is 0.419 e. The Morgan fingerprint density at radius 3 is 2.49 bits per heavy atom. The zero-order valence-corrected chi connectivity index (χ0v) is 18.8. The predicted molar refractivity (Wildman–Crippen MR) is 128 cm³/mol. The van der Waals surface area contributed by atoms with Crippen molar-refractivity contribution in [2.24, 2.45) is 5.73 Å². The van der Waals surface area contributed by atoms with Gasteiger partial charge in [-0.15, -0.1) is 0 Å². The summed E-state index contributed by atoms with van der Waals surface area (Å²) in [7, 11) is 0. The normalized spacial score (nSPS) is 13.4. The molecule has 0 atom stereocenters. The maximum Gasteiger partial charge on any atom is 0.419 e. The lowest BCUT2D eigenvalue weighted by atomic mass is 9.98. The first-order valence-electron chi connectivity index (χ1n) is 11.1. The van der Waals surface area contributed by atoms with Crippen molar-refractivity contribution in [3.8, 4) is 0 Å². The quantitative estimate of drug-likeness (QED) is 0.450. The number of hydrogen-bond donors (Lipinski definition) is 3. The molecular formula is C25H25F3N6O. The number of aromatic nitrogens is 2. The van der Waals surface area contributed by atoms with Gasteiger partial charge in [-0.3, -0.25) is 4.79 Å². The molecule has 0 unspecified atom stereocenters. The van der Waals surface area contributed by atoms with Gasteiger partial charge in [0.1, 0.15) is 0 Å². The van der Waals surface area contributed by atoms with Gasteiger partial charge in [-0.25, -0.2) is 9.97 Å². The van der Waals surface area contributed by atoms with Crippen LogP contribution in [0.2, 0.25) is 0 Å². The Labute approximate surface area is 200 Å². The van der Waals surface area contributed by atoms with Gasteiger partial charge in [0.2, 0.25) is 11.9 Å². The monoisotopic (exact) mass is 482 g/mol. The van der Waals surface area contributed by atoms with E-state index >= 15 is 0 Å². The summed E-state index contributed by atoms with van der Waals surface area (Å²) in [6.45, 7) is 1.67. The lowest BCUT2D eigenvalue weighted by Gasteiger charge is -2.24. The number of benzene rings is 2. The van der Waals surface area contributed by atoms with Crippen LogP contribution in [0, 0.1) is 0 Å². The zero-order chi connectivity index (χ0) is 24.8. The van der Waals surface area contributed by atoms with Crippen LogP contribution in [0.4, 0.5) is 30.5 Å². The van der Waals surface area contributed by atoms with Crippen LogP contribution in [0.5, 0.6) is 0 Å². The number of nitrogens with two attached hydrogens (primary N) is 1. The van der Waals surface area contributed by atoms with E-state index in [4.69, 9.17) is 5.73 Å². The highest BCUT2D eigenvalue weighted by molar-refractivity contribution is 5.77. The fourth-order valence-corrected chi connectivity index (χ4v) is 3.89. The maximum atomic E-state index is 13.6. The standard InChI is InChI=1S/C25H25F3N6O/c26-25(27,28)21-16-31-24(32-19-6-8-20(9-7-19)34-13-11-30-12-14-34)33-22(21)10-5-17-3-1-2-4-18(17)15-23(29)35/h1-4,6-9,11,13,16,30H,5,10,12,14-15H2,(H2,29,35)(H,31,32,33). The minimum Gasteiger partial charge on any atom is -0.388 e. The maximum absolute atomic E-state index is 13.6. The van der Waals surface area contributed by atoms with E-state index in [0.29, 0.717) is 11.3 Å². The smallest absolute Gasteiger partial charge is 0.388 e. The molecule has 7 nitrogen and oxygen atoms in total. The van der Waals surface area contributed by atoms with E-state index in [1.807, 2.05) is 36.7 Å². The molecule has 0 aliphatic carbocycles. The summed E-state index contributed by atoms with van der Waals surface area (Å²) in [6.07, 6.45) is 0.363. The number of nitrogens with zero attached hydrogens (tertiary/aromatic N) is 3. The summed E-state index contributed by atoms with van der Waals surface area (Å²) in [5, 5.41) is 6.12. The molecule has 4 rings (SSSR count). The summed E-state index contributed by atoms with van der Waals surface area (Å²) in [5.41, 5.74) is 7.41. The van der Waals surface area contributed by atoms with E-state index < -0.39 is 17.6 Å². The topological polar surface area (TPSA) is 96.2 Å². The van der Waals surface area contributed by atoms with Gasteiger partial charge in [0, 0.05) is 43.1 Å². The molecule has 1 aliphatic heterocycles. The van der Waals surface area contributed by atoms with Gasteiger partial charge in [-0.2, -0.15) is 13.2 Å². The first kappa shape index (κ1) is 24.1. The van der Waals surface area contributed by atoms with Crippen LogP contribution in [0.1, 0.15) is 22.4 Å². The van der Waals surface area contributed by atoms with Crippen LogP contribution in [-0.4, -0.2) is 29.0 Å². The summed E-state index contributed by atoms with van der Waals surface area (Å²) >= 11 is 0. The van der Waals surface area contributed by atoms with Crippen molar-refractivity contribution in [3.05, 3.63) is 89.5 Å². The van der Waals surface area contributed by atoms with Gasteiger partial charge in [0.15, 0.2) is 0 Å². The zero-order valence-electron chi connectivity index (χ0n) is 18.8. The molecular weight excluding hydrogens is 457 g/mol. The third kappa shape index (κ3) is 6.28. The SMILES string of the molecule is NC(=O)Cc1ccccc1CCc1nc(Nc2ccc(N3C=CNCC3)cc2)ncc1C(F)(F)F. The van der Waals surface area contributed by atoms with Gasteiger partial charge in [-0.05, 0) is 48.2 Å². The average Bonchev–Trinajstić information content (AvgIpc) is 2.83. The highest BCUT2D eigenvalue weighted by Gasteiger charge is 2.34. The number of primary amides is 1. The molecule has 182 valence electrons. The Kier molecular flexibility index (Phi) is 7.19. The molecule has 0 saturated carbocycles. The van der Waals surface area contributed by atoms with E-state index in [9.17, 15) is 18.0 Å². The van der Waals surface area contributed by atoms with Gasteiger partial charge < -0.3 is 21.3 Å². The summed E-state index contributed by atoms with van der Waals surface area (Å²) < 4.78 is 40.9. The lowest BCUT2D eigenvalue weighted by Crippen LogP contribution is -2.30. The molecule has 2 heterocycles. The number of anilines is 3. The van der Waals surface area contributed by atoms with Crippen molar-refractivity contribution < 1.29 is 18.0 Å². The number of alkyl halides is 3. The minimum atomic E-state index is -4.58. The van der Waals surface area contributed by atoms with Crippen LogP contribution in [0.3, 0.4) is 0 Å². The van der Waals surface area contributed by atoms with Gasteiger partial charge >= 0.3 is 6.18 Å². The second-order valence-corrected chi connectivity index (χ2v) is 8.10. The first-order chi connectivity index (χ1) is 16.8. The van der Waals surface area contributed by atoms with Crippen LogP contribution in [0.15, 0.2) is 67.1 Å². The number of rotatable bonds is 8. The van der Waals surface area contributed by atoms with E-state index in [0.717, 1.165) is 30.5 Å². The summed E-state index contributed by atoms with van der Waals surface area (Å²) in [6, 6.07) is 14.5. The number of halogens is 3. The number of carbonyl (C=O) groups excluding carboxylic acids is 1. The predicted octanol–water partition coefficient (Wildman–Crippen LogP) is 3.93. The van der Waals surface area contributed by atoms with Crippen molar-refractivity contribution in [1.82, 2.24) is 15.3 Å². The van der Waals surface area contributed by atoms with Crippen molar-refractivity contribution in [2.45, 2.75) is 25.4 Å². The first-order valence-corrected chi connectivity index (χ1v) is 11.1. The number of carbonyl (C=O) groups is 1. The Morgan fingerprint density at radius 2 is 1.83 bits per heavy atom. The second-order valence-electron chi connectivity index (χ2n) is 8.10. The third-order valence-electron chi connectivity index (χ3n) is 5.61. The molecule has 2 aromatic carbocycles. The lowest BCUT2D eigenvalue weighted by molar-refractivity contribution is -0.138. The van der Waals surface area contributed by atoms with E-state index in [2.05, 4.69) is 25.5 Å².